The average molecular weight is 582 g/mol. The molecule has 1 unspecified atom stereocenters. The first-order chi connectivity index (χ1) is 20.0. The predicted molar refractivity (Wildman–Crippen MR) is 158 cm³/mol. The molecule has 5 rings (SSSR count). The first kappa shape index (κ1) is 29.8. The number of rotatable bonds is 10. The summed E-state index contributed by atoms with van der Waals surface area (Å²) in [6, 6.07) is 16.6. The number of hydrogen-bond acceptors (Lipinski definition) is 5. The Morgan fingerprint density at radius 3 is 2.45 bits per heavy atom. The normalized spacial score (nSPS) is 17.6. The standard InChI is InChI=1S/C32H35F4N5O/c1-39(2)26-14-17-40(20-26)15-5-16-41-21-28(27-6-3-4-7-30(27)41)31(42,32(34,35)36)23-8-13-29(22(18-23)19-37)38-25-11-9-24(33)10-12-25/h3-4,6-13,18-19,21,26,37-38,42H,5,14-17,20H2,1-2H3/t26-,31?/m0/s1. The number of aliphatic hydroxyl groups is 1. The van der Waals surface area contributed by atoms with Crippen LogP contribution in [0.4, 0.5) is 28.9 Å². The van der Waals surface area contributed by atoms with Gasteiger partial charge in [-0.2, -0.15) is 13.2 Å². The van der Waals surface area contributed by atoms with Crippen LogP contribution >= 0.6 is 0 Å². The van der Waals surface area contributed by atoms with E-state index < -0.39 is 23.2 Å². The maximum atomic E-state index is 14.9. The largest absolute Gasteiger partial charge is 0.425 e. The number of benzene rings is 3. The zero-order valence-electron chi connectivity index (χ0n) is 23.6. The quantitative estimate of drug-likeness (QED) is 0.151. The van der Waals surface area contributed by atoms with Gasteiger partial charge in [0.15, 0.2) is 0 Å². The Kier molecular flexibility index (Phi) is 8.41. The van der Waals surface area contributed by atoms with E-state index in [1.54, 1.807) is 28.8 Å². The summed E-state index contributed by atoms with van der Waals surface area (Å²) in [4.78, 5) is 4.60. The monoisotopic (exact) mass is 581 g/mol. The smallest absolute Gasteiger partial charge is 0.372 e. The Morgan fingerprint density at radius 2 is 1.79 bits per heavy atom. The highest BCUT2D eigenvalue weighted by Crippen LogP contribution is 2.47. The predicted octanol–water partition coefficient (Wildman–Crippen LogP) is 6.35. The molecule has 2 heterocycles. The second kappa shape index (κ2) is 11.9. The molecule has 0 aliphatic carbocycles. The summed E-state index contributed by atoms with van der Waals surface area (Å²) < 4.78 is 59.9. The molecule has 0 radical (unpaired) electrons. The van der Waals surface area contributed by atoms with E-state index >= 15 is 0 Å². The zero-order chi connectivity index (χ0) is 30.1. The van der Waals surface area contributed by atoms with E-state index in [1.165, 1.54) is 48.7 Å². The molecule has 42 heavy (non-hydrogen) atoms. The van der Waals surface area contributed by atoms with Crippen LogP contribution in [0.1, 0.15) is 29.5 Å². The number of hydrogen-bond donors (Lipinski definition) is 3. The third-order valence-electron chi connectivity index (χ3n) is 8.19. The minimum Gasteiger partial charge on any atom is -0.372 e. The lowest BCUT2D eigenvalue weighted by atomic mass is 9.84. The van der Waals surface area contributed by atoms with Gasteiger partial charge in [-0.1, -0.05) is 24.3 Å². The summed E-state index contributed by atoms with van der Waals surface area (Å²) in [5, 5.41) is 22.8. The minimum atomic E-state index is -5.05. The lowest BCUT2D eigenvalue weighted by Gasteiger charge is -2.31. The summed E-state index contributed by atoms with van der Waals surface area (Å²) in [6.45, 7) is 3.31. The first-order valence-electron chi connectivity index (χ1n) is 13.9. The number of alkyl halides is 3. The summed E-state index contributed by atoms with van der Waals surface area (Å²) in [7, 11) is 4.15. The topological polar surface area (TPSA) is 67.5 Å². The molecule has 0 spiro atoms. The highest BCUT2D eigenvalue weighted by molar-refractivity contribution is 5.89. The van der Waals surface area contributed by atoms with Gasteiger partial charge in [-0.15, -0.1) is 0 Å². The molecule has 0 bridgehead atoms. The number of para-hydroxylation sites is 1. The van der Waals surface area contributed by atoms with Crippen molar-refractivity contribution in [3.63, 3.8) is 0 Å². The number of fused-ring (bicyclic) bond motifs is 1. The highest BCUT2D eigenvalue weighted by atomic mass is 19.4. The number of nitrogens with zero attached hydrogens (tertiary/aromatic N) is 3. The third kappa shape index (κ3) is 5.79. The fourth-order valence-corrected chi connectivity index (χ4v) is 5.80. The van der Waals surface area contributed by atoms with E-state index in [0.29, 0.717) is 34.9 Å². The van der Waals surface area contributed by atoms with Crippen molar-refractivity contribution < 1.29 is 22.7 Å². The zero-order valence-corrected chi connectivity index (χ0v) is 23.6. The van der Waals surface area contributed by atoms with E-state index in [4.69, 9.17) is 5.41 Å². The molecule has 1 saturated heterocycles. The van der Waals surface area contributed by atoms with Crippen molar-refractivity contribution in [1.82, 2.24) is 14.4 Å². The summed E-state index contributed by atoms with van der Waals surface area (Å²) in [5.74, 6) is -0.424. The molecular formula is C32H35F4N5O. The Morgan fingerprint density at radius 1 is 1.05 bits per heavy atom. The first-order valence-corrected chi connectivity index (χ1v) is 13.9. The number of aromatic nitrogens is 1. The fourth-order valence-electron chi connectivity index (χ4n) is 5.80. The third-order valence-corrected chi connectivity index (χ3v) is 8.19. The average Bonchev–Trinajstić information content (AvgIpc) is 3.59. The lowest BCUT2D eigenvalue weighted by Crippen LogP contribution is -2.43. The molecule has 0 amide bonds. The Hall–Kier alpha value is -3.73. The van der Waals surface area contributed by atoms with Crippen LogP contribution in [0.5, 0.6) is 0 Å². The molecule has 6 nitrogen and oxygen atoms in total. The van der Waals surface area contributed by atoms with Crippen LogP contribution in [-0.4, -0.2) is 71.6 Å². The van der Waals surface area contributed by atoms with Crippen molar-refractivity contribution in [1.29, 1.82) is 5.41 Å². The molecule has 222 valence electrons. The molecule has 10 heteroatoms. The second-order valence-electron chi connectivity index (χ2n) is 11.1. The fraction of sp³-hybridized carbons (Fsp3) is 0.344. The van der Waals surface area contributed by atoms with Crippen LogP contribution in [-0.2, 0) is 12.1 Å². The lowest BCUT2D eigenvalue weighted by molar-refractivity contribution is -0.247. The van der Waals surface area contributed by atoms with Gasteiger partial charge in [0, 0.05) is 64.9 Å². The van der Waals surface area contributed by atoms with Gasteiger partial charge >= 0.3 is 6.18 Å². The van der Waals surface area contributed by atoms with E-state index in [-0.39, 0.29) is 11.1 Å². The second-order valence-corrected chi connectivity index (χ2v) is 11.1. The molecule has 0 saturated carbocycles. The molecule has 1 fully saturated rings. The number of halogens is 4. The SMILES string of the molecule is CN(C)[C@H]1CCN(CCCn2cc(C(O)(c3ccc(Nc4ccc(F)cc4)c(C=N)c3)C(F)(F)F)c3ccccc32)C1. The van der Waals surface area contributed by atoms with E-state index in [1.807, 2.05) is 0 Å². The van der Waals surface area contributed by atoms with Gasteiger partial charge in [0.2, 0.25) is 5.60 Å². The van der Waals surface area contributed by atoms with Gasteiger partial charge in [0.05, 0.1) is 0 Å². The Bertz CT molecular complexity index is 1550. The van der Waals surface area contributed by atoms with Gasteiger partial charge in [0.25, 0.3) is 0 Å². The number of aryl methyl sites for hydroxylation is 1. The van der Waals surface area contributed by atoms with Crippen LogP contribution < -0.4 is 5.32 Å². The maximum absolute atomic E-state index is 14.9. The van der Waals surface area contributed by atoms with Crippen LogP contribution in [0.2, 0.25) is 0 Å². The van der Waals surface area contributed by atoms with Gasteiger partial charge in [0.1, 0.15) is 5.82 Å². The number of nitrogens with one attached hydrogen (secondary N) is 2. The van der Waals surface area contributed by atoms with Crippen LogP contribution in [0.15, 0.2) is 72.9 Å². The molecule has 1 aromatic heterocycles. The van der Waals surface area contributed by atoms with Gasteiger partial charge in [-0.3, -0.25) is 0 Å². The summed E-state index contributed by atoms with van der Waals surface area (Å²) in [5.41, 5.74) is -2.35. The Balaban J connectivity index is 1.47. The summed E-state index contributed by atoms with van der Waals surface area (Å²) in [6.07, 6.45) is -0.860. The van der Waals surface area contributed by atoms with Gasteiger partial charge in [-0.05, 0) is 88.1 Å². The molecule has 2 atom stereocenters. The van der Waals surface area contributed by atoms with E-state index in [9.17, 15) is 22.7 Å². The molecule has 1 aliphatic heterocycles. The van der Waals surface area contributed by atoms with Crippen molar-refractivity contribution in [2.75, 3.05) is 39.0 Å². The van der Waals surface area contributed by atoms with Crippen LogP contribution in [0, 0.1) is 11.2 Å². The molecule has 4 aromatic rings. The van der Waals surface area contributed by atoms with Crippen molar-refractivity contribution in [2.24, 2.45) is 0 Å². The molecular weight excluding hydrogens is 546 g/mol. The Labute approximate surface area is 242 Å². The van der Waals surface area contributed by atoms with E-state index in [0.717, 1.165) is 38.7 Å². The summed E-state index contributed by atoms with van der Waals surface area (Å²) >= 11 is 0. The number of likely N-dealkylation sites (N-methyl/N-ethyl adjacent to an activating group) is 1. The van der Waals surface area contributed by atoms with Gasteiger partial charge < -0.3 is 30.2 Å². The molecule has 1 aliphatic rings. The van der Waals surface area contributed by atoms with Crippen molar-refractivity contribution in [2.45, 2.75) is 37.2 Å². The van der Waals surface area contributed by atoms with Crippen molar-refractivity contribution in [3.05, 3.63) is 95.4 Å². The van der Waals surface area contributed by atoms with Crippen molar-refractivity contribution >= 4 is 28.5 Å². The van der Waals surface area contributed by atoms with Gasteiger partial charge in [-0.25, -0.2) is 4.39 Å². The number of likely N-dealkylation sites (tertiary alicyclic amines) is 1. The highest BCUT2D eigenvalue weighted by Gasteiger charge is 2.57. The van der Waals surface area contributed by atoms with Crippen LogP contribution in [0.25, 0.3) is 10.9 Å². The molecule has 3 aromatic carbocycles. The number of anilines is 2. The van der Waals surface area contributed by atoms with Crippen molar-refractivity contribution in [3.8, 4) is 0 Å². The van der Waals surface area contributed by atoms with E-state index in [2.05, 4.69) is 29.2 Å². The van der Waals surface area contributed by atoms with Crippen LogP contribution in [0.3, 0.4) is 0 Å². The minimum absolute atomic E-state index is 0.143. The maximum Gasteiger partial charge on any atom is 0.425 e. The molecule has 3 N–H and O–H groups in total.